The smallest absolute Gasteiger partial charge is 0.355 e. The number of non-ortho nitro benzene ring substituents is 1. The molecule has 1 aromatic carbocycles. The average molecular weight is 463 g/mol. The summed E-state index contributed by atoms with van der Waals surface area (Å²) in [6.45, 7) is 3.47. The molecule has 3 aromatic rings. The largest absolute Gasteiger partial charge is 0.457 e. The summed E-state index contributed by atoms with van der Waals surface area (Å²) in [7, 11) is 0. The number of pyridine rings is 2. The molecule has 0 aliphatic carbocycles. The molecule has 2 aromatic heterocycles. The number of carbonyl (C=O) groups is 2. The Bertz CT molecular complexity index is 1460. The van der Waals surface area contributed by atoms with Gasteiger partial charge in [-0.2, -0.15) is 0 Å². The number of hydrogen-bond acceptors (Lipinski definition) is 8. The van der Waals surface area contributed by atoms with Crippen LogP contribution in [0.5, 0.6) is 0 Å². The molecule has 1 atom stereocenters. The third-order valence-corrected chi connectivity index (χ3v) is 6.44. The van der Waals surface area contributed by atoms with Gasteiger partial charge in [0.2, 0.25) is 5.60 Å². The zero-order valence-electron chi connectivity index (χ0n) is 18.6. The van der Waals surface area contributed by atoms with Gasteiger partial charge >= 0.3 is 11.9 Å². The quantitative estimate of drug-likeness (QED) is 0.250. The van der Waals surface area contributed by atoms with E-state index < -0.39 is 22.5 Å². The zero-order valence-corrected chi connectivity index (χ0v) is 18.6. The van der Waals surface area contributed by atoms with Crippen LogP contribution in [0, 0.1) is 10.1 Å². The minimum atomic E-state index is -1.72. The molecule has 10 nitrogen and oxygen atoms in total. The first-order valence-corrected chi connectivity index (χ1v) is 11.0. The first-order valence-electron chi connectivity index (χ1n) is 11.0. The van der Waals surface area contributed by atoms with Crippen molar-refractivity contribution in [1.29, 1.82) is 0 Å². The molecule has 2 aliphatic rings. The number of cyclic esters (lactones) is 1. The number of carbonyl (C=O) groups excluding carboxylic acids is 2. The van der Waals surface area contributed by atoms with E-state index in [1.54, 1.807) is 31.2 Å². The number of nitrogens with zero attached hydrogens (tertiary/aromatic N) is 3. The summed E-state index contributed by atoms with van der Waals surface area (Å²) < 4.78 is 12.5. The molecule has 0 amide bonds. The molecule has 0 saturated heterocycles. The van der Waals surface area contributed by atoms with Gasteiger partial charge in [-0.3, -0.25) is 19.7 Å². The Labute approximate surface area is 193 Å². The van der Waals surface area contributed by atoms with Crippen molar-refractivity contribution >= 4 is 28.5 Å². The predicted octanol–water partition coefficient (Wildman–Crippen LogP) is 3.34. The molecule has 34 heavy (non-hydrogen) atoms. The number of nitro groups is 1. The molecule has 2 aliphatic heterocycles. The fourth-order valence-corrected chi connectivity index (χ4v) is 4.75. The lowest BCUT2D eigenvalue weighted by atomic mass is 9.85. The van der Waals surface area contributed by atoms with Gasteiger partial charge in [0.15, 0.2) is 0 Å². The molecule has 0 spiro atoms. The van der Waals surface area contributed by atoms with E-state index in [9.17, 15) is 24.5 Å². The number of ether oxygens (including phenoxy) is 2. The molecule has 0 bridgehead atoms. The minimum absolute atomic E-state index is 0.0674. The van der Waals surface area contributed by atoms with Crippen LogP contribution in [0.4, 0.5) is 5.69 Å². The van der Waals surface area contributed by atoms with Crippen LogP contribution in [-0.4, -0.2) is 26.4 Å². The second kappa shape index (κ2) is 7.75. The van der Waals surface area contributed by atoms with Crippen molar-refractivity contribution in [2.24, 2.45) is 0 Å². The fraction of sp³-hybridized carbons (Fsp3) is 0.333. The summed E-state index contributed by atoms with van der Waals surface area (Å²) in [5, 5.41) is 11.8. The molecule has 174 valence electrons. The summed E-state index contributed by atoms with van der Waals surface area (Å²) >= 11 is 0. The zero-order chi connectivity index (χ0) is 24.2. The van der Waals surface area contributed by atoms with Gasteiger partial charge in [0.1, 0.15) is 6.61 Å². The highest BCUT2D eigenvalue weighted by molar-refractivity contribution is 5.92. The Morgan fingerprint density at radius 1 is 1.29 bits per heavy atom. The Hall–Kier alpha value is -4.08. The van der Waals surface area contributed by atoms with E-state index in [1.807, 2.05) is 6.92 Å². The molecule has 0 fully saturated rings. The van der Waals surface area contributed by atoms with E-state index in [0.717, 1.165) is 0 Å². The maximum Gasteiger partial charge on any atom is 0.355 e. The number of fused-ring (bicyclic) bond motifs is 5. The van der Waals surface area contributed by atoms with Gasteiger partial charge in [0.05, 0.1) is 39.3 Å². The average Bonchev–Trinajstić information content (AvgIpc) is 3.17. The lowest BCUT2D eigenvalue weighted by molar-refractivity contribution is -0.383. The van der Waals surface area contributed by atoms with Crippen LogP contribution in [0.25, 0.3) is 22.3 Å². The summed E-state index contributed by atoms with van der Waals surface area (Å²) in [6.07, 6.45) is 0.773. The lowest BCUT2D eigenvalue weighted by Crippen LogP contribution is -2.47. The Morgan fingerprint density at radius 3 is 2.79 bits per heavy atom. The number of hydrogen-bond donors (Lipinski definition) is 0. The summed E-state index contributed by atoms with van der Waals surface area (Å²) in [6, 6.07) is 7.98. The van der Waals surface area contributed by atoms with E-state index in [0.29, 0.717) is 39.8 Å². The SMILES string of the molecule is CCCC(=O)O[C@]1(CC)C(=O)OCc2c1cc1n(c2=O)Cc2cc3c([N+](=O)[O-])cccc3nc2-1. The summed E-state index contributed by atoms with van der Waals surface area (Å²) in [5.41, 5.74) is 0.429. The van der Waals surface area contributed by atoms with Crippen LogP contribution in [0.1, 0.15) is 49.8 Å². The Balaban J connectivity index is 1.73. The highest BCUT2D eigenvalue weighted by Crippen LogP contribution is 2.41. The molecule has 0 N–H and O–H groups in total. The van der Waals surface area contributed by atoms with Crippen LogP contribution in [0.3, 0.4) is 0 Å². The van der Waals surface area contributed by atoms with Gasteiger partial charge in [0, 0.05) is 23.6 Å². The highest BCUT2D eigenvalue weighted by atomic mass is 16.6. The van der Waals surface area contributed by atoms with Gasteiger partial charge in [0.25, 0.3) is 11.2 Å². The molecular weight excluding hydrogens is 442 g/mol. The van der Waals surface area contributed by atoms with Crippen molar-refractivity contribution in [2.75, 3.05) is 0 Å². The maximum atomic E-state index is 13.5. The van der Waals surface area contributed by atoms with E-state index in [2.05, 4.69) is 4.98 Å². The molecule has 10 heteroatoms. The lowest BCUT2D eigenvalue weighted by Gasteiger charge is -2.35. The van der Waals surface area contributed by atoms with Gasteiger partial charge < -0.3 is 14.0 Å². The van der Waals surface area contributed by atoms with Crippen molar-refractivity contribution < 1.29 is 24.0 Å². The standard InChI is InChI=1S/C24H21N3O7/c1-3-6-20(28)34-24(4-2)16-10-19-21-13(11-26(19)22(29)15(16)12-33-23(24)30)9-14-17(25-21)7-5-8-18(14)27(31)32/h5,7-10H,3-4,6,11-12H2,1-2H3/t24-/m0/s1. The summed E-state index contributed by atoms with van der Waals surface area (Å²) in [4.78, 5) is 54.4. The molecule has 5 rings (SSSR count). The van der Waals surface area contributed by atoms with Gasteiger partial charge in [-0.05, 0) is 31.0 Å². The van der Waals surface area contributed by atoms with E-state index in [1.165, 1.54) is 10.6 Å². The van der Waals surface area contributed by atoms with Crippen molar-refractivity contribution in [3.8, 4) is 11.4 Å². The third-order valence-electron chi connectivity index (χ3n) is 6.44. The molecule has 4 heterocycles. The van der Waals surface area contributed by atoms with Crippen molar-refractivity contribution in [3.63, 3.8) is 0 Å². The number of nitro benzene ring substituents is 1. The van der Waals surface area contributed by atoms with Gasteiger partial charge in [-0.1, -0.05) is 19.9 Å². The first kappa shape index (κ1) is 21.7. The maximum absolute atomic E-state index is 13.5. The van der Waals surface area contributed by atoms with E-state index in [4.69, 9.17) is 9.47 Å². The van der Waals surface area contributed by atoms with Crippen LogP contribution >= 0.6 is 0 Å². The Kier molecular flexibility index (Phi) is 4.96. The third kappa shape index (κ3) is 3.01. The van der Waals surface area contributed by atoms with Gasteiger partial charge in [-0.25, -0.2) is 9.78 Å². The predicted molar refractivity (Wildman–Crippen MR) is 120 cm³/mol. The molecule has 0 radical (unpaired) electrons. The number of esters is 2. The molecule has 0 saturated carbocycles. The van der Waals surface area contributed by atoms with E-state index >= 15 is 0 Å². The number of aromatic nitrogens is 2. The monoisotopic (exact) mass is 463 g/mol. The fourth-order valence-electron chi connectivity index (χ4n) is 4.75. The van der Waals surface area contributed by atoms with Crippen molar-refractivity contribution in [3.05, 3.63) is 67.5 Å². The first-order chi connectivity index (χ1) is 16.3. The number of rotatable bonds is 5. The normalized spacial score (nSPS) is 18.1. The van der Waals surface area contributed by atoms with Crippen molar-refractivity contribution in [2.45, 2.75) is 51.9 Å². The van der Waals surface area contributed by atoms with Crippen molar-refractivity contribution in [1.82, 2.24) is 9.55 Å². The summed E-state index contributed by atoms with van der Waals surface area (Å²) in [5.74, 6) is -1.26. The molecule has 0 unspecified atom stereocenters. The molecular formula is C24H21N3O7. The Morgan fingerprint density at radius 2 is 2.09 bits per heavy atom. The second-order valence-electron chi connectivity index (χ2n) is 8.39. The second-order valence-corrected chi connectivity index (χ2v) is 8.39. The van der Waals surface area contributed by atoms with Crippen LogP contribution in [0.2, 0.25) is 0 Å². The highest BCUT2D eigenvalue weighted by Gasteiger charge is 2.50. The van der Waals surface area contributed by atoms with E-state index in [-0.39, 0.29) is 42.8 Å². The van der Waals surface area contributed by atoms with Crippen LogP contribution < -0.4 is 5.56 Å². The topological polar surface area (TPSA) is 131 Å². The van der Waals surface area contributed by atoms with Crippen LogP contribution in [0.15, 0.2) is 35.1 Å². The minimum Gasteiger partial charge on any atom is -0.457 e. The van der Waals surface area contributed by atoms with Crippen LogP contribution in [-0.2, 0) is 37.8 Å². The number of benzene rings is 1. The van der Waals surface area contributed by atoms with Gasteiger partial charge in [-0.15, -0.1) is 0 Å².